The number of esters is 1. The third-order valence-corrected chi connectivity index (χ3v) is 10.7. The molecule has 0 spiro atoms. The molecule has 0 aromatic heterocycles. The van der Waals surface area contributed by atoms with Crippen LogP contribution in [0.5, 0.6) is 0 Å². The van der Waals surface area contributed by atoms with Crippen molar-refractivity contribution in [1.82, 2.24) is 4.90 Å². The fourth-order valence-electron chi connectivity index (χ4n) is 4.21. The number of ketones is 1. The van der Waals surface area contributed by atoms with Crippen LogP contribution < -0.4 is 15.9 Å². The molecule has 3 aromatic rings. The molecule has 1 fully saturated rings. The van der Waals surface area contributed by atoms with Gasteiger partial charge in [-0.25, -0.2) is 4.79 Å². The van der Waals surface area contributed by atoms with Crippen molar-refractivity contribution < 1.29 is 23.9 Å². The number of carbonyl (C=O) groups is 4. The smallest absolute Gasteiger partial charge is 0.356 e. The number of carbonyl (C=O) groups excluding carboxylic acids is 4. The molecule has 1 amide bonds. The molecule has 4 rings (SSSR count). The van der Waals surface area contributed by atoms with Crippen LogP contribution in [-0.2, 0) is 23.9 Å². The Morgan fingerprint density at radius 2 is 1.37 bits per heavy atom. The Morgan fingerprint density at radius 3 is 1.74 bits per heavy atom. The highest BCUT2D eigenvalue weighted by atomic mass is 32.2. The summed E-state index contributed by atoms with van der Waals surface area (Å²) in [6, 6.07) is 28.7. The van der Waals surface area contributed by atoms with Crippen LogP contribution in [0.15, 0.2) is 91.0 Å². The van der Waals surface area contributed by atoms with Crippen LogP contribution in [0.25, 0.3) is 0 Å². The fraction of sp³-hybridized carbons (Fsp3) is 0.148. The quantitative estimate of drug-likeness (QED) is 0.193. The molecule has 35 heavy (non-hydrogen) atoms. The van der Waals surface area contributed by atoms with Gasteiger partial charge >= 0.3 is 5.97 Å². The van der Waals surface area contributed by atoms with E-state index in [1.807, 2.05) is 91.0 Å². The fourth-order valence-corrected chi connectivity index (χ4v) is 9.40. The van der Waals surface area contributed by atoms with Gasteiger partial charge in [0, 0.05) is 6.89 Å². The number of β-lactam (4-membered cyclic amide) rings is 1. The molecule has 1 saturated heterocycles. The molecule has 3 aromatic carbocycles. The lowest BCUT2D eigenvalue weighted by atomic mass is 10.2. The van der Waals surface area contributed by atoms with E-state index in [0.29, 0.717) is 5.62 Å². The molecule has 178 valence electrons. The third kappa shape index (κ3) is 4.75. The van der Waals surface area contributed by atoms with Gasteiger partial charge in [0.15, 0.2) is 11.4 Å². The van der Waals surface area contributed by atoms with E-state index in [0.717, 1.165) is 27.7 Å². The van der Waals surface area contributed by atoms with Gasteiger partial charge in [-0.3, -0.25) is 19.3 Å². The van der Waals surface area contributed by atoms with Crippen molar-refractivity contribution in [3.63, 3.8) is 0 Å². The Morgan fingerprint density at radius 1 is 0.914 bits per heavy atom. The number of thioether (sulfide) groups is 1. The summed E-state index contributed by atoms with van der Waals surface area (Å²) in [6.45, 7) is -2.07. The van der Waals surface area contributed by atoms with Crippen molar-refractivity contribution in [2.24, 2.45) is 0 Å². The highest BCUT2D eigenvalue weighted by molar-refractivity contribution is 8.12. The van der Waals surface area contributed by atoms with Gasteiger partial charge < -0.3 is 4.74 Å². The molecule has 1 aliphatic rings. The Labute approximate surface area is 208 Å². The molecule has 0 radical (unpaired) electrons. The maximum atomic E-state index is 13.9. The summed E-state index contributed by atoms with van der Waals surface area (Å²) >= 11 is 0.948. The normalized spacial score (nSPS) is 15.2. The highest BCUT2D eigenvalue weighted by Crippen LogP contribution is 2.49. The summed E-state index contributed by atoms with van der Waals surface area (Å²) in [6.07, 6.45) is 0.130. The first-order valence-electron chi connectivity index (χ1n) is 11.0. The molecule has 1 atom stereocenters. The van der Waals surface area contributed by atoms with E-state index in [2.05, 4.69) is 0 Å². The van der Waals surface area contributed by atoms with Crippen LogP contribution in [0, 0.1) is 0 Å². The highest BCUT2D eigenvalue weighted by Gasteiger charge is 2.47. The van der Waals surface area contributed by atoms with Crippen molar-refractivity contribution in [3.8, 4) is 0 Å². The minimum atomic E-state index is -2.99. The average Bonchev–Trinajstić information content (AvgIpc) is 2.89. The second-order valence-corrected chi connectivity index (χ2v) is 12.3. The van der Waals surface area contributed by atoms with Crippen molar-refractivity contribution in [3.05, 3.63) is 91.0 Å². The predicted molar refractivity (Wildman–Crippen MR) is 141 cm³/mol. The lowest BCUT2D eigenvalue weighted by Crippen LogP contribution is -2.58. The molecule has 0 saturated carbocycles. The van der Waals surface area contributed by atoms with Crippen LogP contribution in [0.2, 0.25) is 0 Å². The maximum absolute atomic E-state index is 13.9. The van der Waals surface area contributed by atoms with Crippen LogP contribution in [-0.4, -0.2) is 45.6 Å². The van der Waals surface area contributed by atoms with Crippen molar-refractivity contribution in [2.45, 2.75) is 18.7 Å². The van der Waals surface area contributed by atoms with E-state index in [1.54, 1.807) is 0 Å². The van der Waals surface area contributed by atoms with Gasteiger partial charge in [0.25, 0.3) is 0 Å². The number of benzene rings is 3. The molecular weight excluding hydrogens is 481 g/mol. The van der Waals surface area contributed by atoms with Gasteiger partial charge in [-0.05, 0) is 22.8 Å². The number of hydrogen-bond acceptors (Lipinski definition) is 6. The van der Waals surface area contributed by atoms with E-state index in [-0.39, 0.29) is 23.5 Å². The zero-order valence-electron chi connectivity index (χ0n) is 19.1. The molecule has 0 unspecified atom stereocenters. The summed E-state index contributed by atoms with van der Waals surface area (Å²) < 4.78 is 5.48. The van der Waals surface area contributed by atoms with E-state index in [1.165, 1.54) is 11.8 Å². The van der Waals surface area contributed by atoms with Gasteiger partial charge in [0.2, 0.25) is 5.91 Å². The second-order valence-electron chi connectivity index (χ2n) is 7.93. The molecule has 0 aliphatic carbocycles. The molecule has 1 heterocycles. The minimum absolute atomic E-state index is 0.130. The number of likely N-dealkylation sites (tertiary alicyclic amines) is 1. The molecule has 0 N–H and O–H groups in total. The largest absolute Gasteiger partial charge is 0.453 e. The summed E-state index contributed by atoms with van der Waals surface area (Å²) in [5.74, 6) is -1.32. The maximum Gasteiger partial charge on any atom is 0.356 e. The van der Waals surface area contributed by atoms with E-state index >= 15 is 0 Å². The number of hydrogen-bond donors (Lipinski definition) is 0. The Balaban J connectivity index is 2.19. The number of Topliss-reactive ketones (excluding diaryl/α,β-unsaturated/α-hetero) is 1. The Kier molecular flexibility index (Phi) is 7.69. The van der Waals surface area contributed by atoms with Crippen molar-refractivity contribution in [2.75, 3.05) is 6.61 Å². The summed E-state index contributed by atoms with van der Waals surface area (Å²) in [5, 5.41) is 2.01. The van der Waals surface area contributed by atoms with Gasteiger partial charge in [-0.15, -0.1) is 0 Å². The van der Waals surface area contributed by atoms with Gasteiger partial charge in [-0.1, -0.05) is 103 Å². The summed E-state index contributed by atoms with van der Waals surface area (Å²) in [7, 11) is 0. The number of nitrogens with zero attached hydrogens (tertiary/aromatic N) is 1. The SMILES string of the molecule is CC(=O)COC(=O)C(N1C(=O)C[C@@H]1SC=O)=P(c1ccccc1)(c1ccccc1)c1ccccc1. The van der Waals surface area contributed by atoms with Crippen LogP contribution in [0.1, 0.15) is 13.3 Å². The average molecular weight is 506 g/mol. The number of amides is 1. The van der Waals surface area contributed by atoms with Crippen molar-refractivity contribution >= 4 is 63.3 Å². The minimum Gasteiger partial charge on any atom is -0.453 e. The molecule has 0 bridgehead atoms. The van der Waals surface area contributed by atoms with E-state index in [9.17, 15) is 19.2 Å². The monoisotopic (exact) mass is 505 g/mol. The van der Waals surface area contributed by atoms with Crippen LogP contribution in [0.4, 0.5) is 0 Å². The van der Waals surface area contributed by atoms with Gasteiger partial charge in [0.05, 0.1) is 11.8 Å². The molecule has 1 aliphatic heterocycles. The summed E-state index contributed by atoms with van der Waals surface area (Å²) in [5.41, 5.74) is 0.842. The topological polar surface area (TPSA) is 80.8 Å². The second kappa shape index (κ2) is 10.9. The van der Waals surface area contributed by atoms with E-state index in [4.69, 9.17) is 4.74 Å². The molecule has 8 heteroatoms. The lowest BCUT2D eigenvalue weighted by Gasteiger charge is -2.44. The predicted octanol–water partition coefficient (Wildman–Crippen LogP) is 2.72. The van der Waals surface area contributed by atoms with Crippen LogP contribution in [0.3, 0.4) is 0 Å². The standard InChI is InChI=1S/C27H24NO5PS/c1-20(30)18-33-27(32)26(28-24(31)17-25(28)35-19-29)34(21-11-5-2-6-12-21,22-13-7-3-8-14-22)23-15-9-4-10-16-23/h2-16,19,25H,17-18H2,1H3/t25-/m0/s1. The third-order valence-electron chi connectivity index (χ3n) is 5.68. The number of rotatable bonds is 9. The van der Waals surface area contributed by atoms with Gasteiger partial charge in [-0.2, -0.15) is 0 Å². The lowest BCUT2D eigenvalue weighted by molar-refractivity contribution is -0.144. The van der Waals surface area contributed by atoms with Crippen LogP contribution >= 0.6 is 18.6 Å². The van der Waals surface area contributed by atoms with E-state index < -0.39 is 24.8 Å². The Bertz CT molecular complexity index is 1190. The zero-order chi connectivity index (χ0) is 24.8. The molecular formula is C27H24NO5PS. The van der Waals surface area contributed by atoms with Gasteiger partial charge in [0.1, 0.15) is 12.0 Å². The summed E-state index contributed by atoms with van der Waals surface area (Å²) in [4.78, 5) is 51.4. The van der Waals surface area contributed by atoms with Crippen molar-refractivity contribution in [1.29, 1.82) is 0 Å². The molecule has 6 nitrogen and oxygen atoms in total. The first kappa shape index (κ1) is 24.7. The zero-order valence-corrected chi connectivity index (χ0v) is 20.8. The first-order chi connectivity index (χ1) is 17.0. The Hall–Kier alpha value is -3.41. The number of ether oxygens (including phenoxy) is 1. The first-order valence-corrected chi connectivity index (χ1v) is 13.7.